The SMILES string of the molecule is CNc1ccccc1C(=O)OC(=O)c1ccccc1NC. The van der Waals surface area contributed by atoms with Gasteiger partial charge in [0, 0.05) is 25.5 Å². The molecule has 2 N–H and O–H groups in total. The Labute approximate surface area is 122 Å². The van der Waals surface area contributed by atoms with E-state index in [1.807, 2.05) is 0 Å². The molecule has 0 atom stereocenters. The van der Waals surface area contributed by atoms with E-state index >= 15 is 0 Å². The zero-order valence-electron chi connectivity index (χ0n) is 11.8. The van der Waals surface area contributed by atoms with Crippen molar-refractivity contribution >= 4 is 23.3 Å². The van der Waals surface area contributed by atoms with E-state index in [1.54, 1.807) is 62.6 Å². The molecule has 0 amide bonds. The zero-order valence-corrected chi connectivity index (χ0v) is 11.8. The number of anilines is 2. The van der Waals surface area contributed by atoms with Crippen LogP contribution in [-0.2, 0) is 4.74 Å². The summed E-state index contributed by atoms with van der Waals surface area (Å²) < 4.78 is 4.95. The van der Waals surface area contributed by atoms with Crippen LogP contribution < -0.4 is 10.6 Å². The van der Waals surface area contributed by atoms with Gasteiger partial charge in [-0.25, -0.2) is 9.59 Å². The van der Waals surface area contributed by atoms with Crippen molar-refractivity contribution in [2.45, 2.75) is 0 Å². The zero-order chi connectivity index (χ0) is 15.2. The lowest BCUT2D eigenvalue weighted by atomic mass is 10.1. The summed E-state index contributed by atoms with van der Waals surface area (Å²) in [5.74, 6) is -1.37. The van der Waals surface area contributed by atoms with Gasteiger partial charge in [-0.05, 0) is 24.3 Å². The highest BCUT2D eigenvalue weighted by Crippen LogP contribution is 2.19. The fourth-order valence-electron chi connectivity index (χ4n) is 1.95. The Morgan fingerprint density at radius 2 is 1.14 bits per heavy atom. The van der Waals surface area contributed by atoms with Crippen molar-refractivity contribution in [2.24, 2.45) is 0 Å². The van der Waals surface area contributed by atoms with Gasteiger partial charge in [-0.1, -0.05) is 24.3 Å². The topological polar surface area (TPSA) is 67.4 Å². The summed E-state index contributed by atoms with van der Waals surface area (Å²) in [5, 5.41) is 5.78. The minimum atomic E-state index is -0.684. The Morgan fingerprint density at radius 1 is 0.762 bits per heavy atom. The number of carbonyl (C=O) groups is 2. The van der Waals surface area contributed by atoms with Crippen LogP contribution in [0, 0.1) is 0 Å². The number of esters is 2. The highest BCUT2D eigenvalue weighted by atomic mass is 16.6. The summed E-state index contributed by atoms with van der Waals surface area (Å²) in [6, 6.07) is 13.7. The van der Waals surface area contributed by atoms with Gasteiger partial charge in [0.1, 0.15) is 0 Å². The smallest absolute Gasteiger partial charge is 0.348 e. The molecule has 0 saturated carbocycles. The standard InChI is InChI=1S/C16H16N2O3/c1-17-13-9-5-3-7-11(13)15(19)21-16(20)12-8-4-6-10-14(12)18-2/h3-10,17-18H,1-2H3. The van der Waals surface area contributed by atoms with Gasteiger partial charge in [-0.3, -0.25) is 0 Å². The molecule has 0 aliphatic carbocycles. The summed E-state index contributed by atoms with van der Waals surface area (Å²) in [6.07, 6.45) is 0. The van der Waals surface area contributed by atoms with Crippen LogP contribution in [-0.4, -0.2) is 26.0 Å². The summed E-state index contributed by atoms with van der Waals surface area (Å²) in [6.45, 7) is 0. The van der Waals surface area contributed by atoms with Gasteiger partial charge < -0.3 is 15.4 Å². The lowest BCUT2D eigenvalue weighted by Gasteiger charge is -2.10. The third kappa shape index (κ3) is 3.20. The molecule has 21 heavy (non-hydrogen) atoms. The van der Waals surface area contributed by atoms with Crippen molar-refractivity contribution in [3.8, 4) is 0 Å². The van der Waals surface area contributed by atoms with Crippen molar-refractivity contribution in [3.05, 3.63) is 59.7 Å². The number of carbonyl (C=O) groups excluding carboxylic acids is 2. The minimum Gasteiger partial charge on any atom is -0.387 e. The number of benzene rings is 2. The van der Waals surface area contributed by atoms with E-state index in [1.165, 1.54) is 0 Å². The molecule has 0 unspecified atom stereocenters. The van der Waals surface area contributed by atoms with Gasteiger partial charge in [-0.15, -0.1) is 0 Å². The normalized spacial score (nSPS) is 9.81. The second kappa shape index (κ2) is 6.56. The fraction of sp³-hybridized carbons (Fsp3) is 0.125. The molecule has 2 rings (SSSR count). The van der Waals surface area contributed by atoms with Crippen molar-refractivity contribution < 1.29 is 14.3 Å². The number of ether oxygens (including phenoxy) is 1. The third-order valence-electron chi connectivity index (χ3n) is 3.02. The molecule has 0 radical (unpaired) electrons. The molecule has 0 fully saturated rings. The first-order chi connectivity index (χ1) is 10.2. The molecule has 0 spiro atoms. The predicted octanol–water partition coefficient (Wildman–Crippen LogP) is 2.77. The molecule has 5 nitrogen and oxygen atoms in total. The average Bonchev–Trinajstić information content (AvgIpc) is 2.54. The Balaban J connectivity index is 2.21. The molecule has 108 valence electrons. The van der Waals surface area contributed by atoms with Crippen molar-refractivity contribution in [3.63, 3.8) is 0 Å². The Bertz CT molecular complexity index is 611. The maximum Gasteiger partial charge on any atom is 0.348 e. The van der Waals surface area contributed by atoms with Crippen LogP contribution >= 0.6 is 0 Å². The first kappa shape index (κ1) is 14.6. The molecule has 0 aliphatic heterocycles. The molecule has 0 aliphatic rings. The molecule has 0 saturated heterocycles. The Kier molecular flexibility index (Phi) is 4.56. The molecule has 2 aromatic carbocycles. The van der Waals surface area contributed by atoms with Crippen LogP contribution in [0.2, 0.25) is 0 Å². The van der Waals surface area contributed by atoms with Crippen molar-refractivity contribution in [1.82, 2.24) is 0 Å². The van der Waals surface area contributed by atoms with E-state index in [4.69, 9.17) is 4.74 Å². The summed E-state index contributed by atoms with van der Waals surface area (Å²) in [4.78, 5) is 24.2. The monoisotopic (exact) mass is 284 g/mol. The van der Waals surface area contributed by atoms with Gasteiger partial charge in [0.25, 0.3) is 0 Å². The third-order valence-corrected chi connectivity index (χ3v) is 3.02. The van der Waals surface area contributed by atoms with E-state index in [-0.39, 0.29) is 0 Å². The molecule has 0 bridgehead atoms. The Morgan fingerprint density at radius 3 is 1.52 bits per heavy atom. The fourth-order valence-corrected chi connectivity index (χ4v) is 1.95. The second-order valence-corrected chi connectivity index (χ2v) is 4.27. The molecule has 0 heterocycles. The van der Waals surface area contributed by atoms with E-state index in [9.17, 15) is 9.59 Å². The molecular weight excluding hydrogens is 268 g/mol. The van der Waals surface area contributed by atoms with Crippen LogP contribution in [0.25, 0.3) is 0 Å². The van der Waals surface area contributed by atoms with Crippen LogP contribution in [0.4, 0.5) is 11.4 Å². The van der Waals surface area contributed by atoms with Crippen LogP contribution in [0.1, 0.15) is 20.7 Å². The largest absolute Gasteiger partial charge is 0.387 e. The minimum absolute atomic E-state index is 0.315. The Hall–Kier alpha value is -2.82. The van der Waals surface area contributed by atoms with Gasteiger partial charge in [-0.2, -0.15) is 0 Å². The van der Waals surface area contributed by atoms with Gasteiger partial charge in [0.05, 0.1) is 11.1 Å². The summed E-state index contributed by atoms with van der Waals surface area (Å²) in [7, 11) is 3.40. The number of para-hydroxylation sites is 2. The van der Waals surface area contributed by atoms with Crippen LogP contribution in [0.15, 0.2) is 48.5 Å². The van der Waals surface area contributed by atoms with Crippen molar-refractivity contribution in [2.75, 3.05) is 24.7 Å². The highest BCUT2D eigenvalue weighted by molar-refractivity contribution is 6.07. The molecule has 2 aromatic rings. The molecule has 0 aromatic heterocycles. The highest BCUT2D eigenvalue weighted by Gasteiger charge is 2.19. The number of nitrogens with one attached hydrogen (secondary N) is 2. The summed E-state index contributed by atoms with van der Waals surface area (Å²) in [5.41, 5.74) is 1.85. The van der Waals surface area contributed by atoms with E-state index in [0.29, 0.717) is 22.5 Å². The number of hydrogen-bond acceptors (Lipinski definition) is 5. The van der Waals surface area contributed by atoms with Crippen LogP contribution in [0.5, 0.6) is 0 Å². The van der Waals surface area contributed by atoms with Gasteiger partial charge in [0.2, 0.25) is 0 Å². The average molecular weight is 284 g/mol. The van der Waals surface area contributed by atoms with E-state index in [0.717, 1.165) is 0 Å². The number of rotatable bonds is 4. The molecule has 5 heteroatoms. The lowest BCUT2D eigenvalue weighted by molar-refractivity contribution is 0.0399. The van der Waals surface area contributed by atoms with Crippen molar-refractivity contribution in [1.29, 1.82) is 0 Å². The second-order valence-electron chi connectivity index (χ2n) is 4.27. The predicted molar refractivity (Wildman–Crippen MR) is 81.7 cm³/mol. The maximum absolute atomic E-state index is 12.1. The first-order valence-corrected chi connectivity index (χ1v) is 6.47. The maximum atomic E-state index is 12.1. The van der Waals surface area contributed by atoms with E-state index in [2.05, 4.69) is 10.6 Å². The lowest BCUT2D eigenvalue weighted by Crippen LogP contribution is -2.15. The van der Waals surface area contributed by atoms with Crippen LogP contribution in [0.3, 0.4) is 0 Å². The van der Waals surface area contributed by atoms with E-state index < -0.39 is 11.9 Å². The summed E-state index contributed by atoms with van der Waals surface area (Å²) >= 11 is 0. The quantitative estimate of drug-likeness (QED) is 0.667. The van der Waals surface area contributed by atoms with Gasteiger partial charge in [0.15, 0.2) is 0 Å². The first-order valence-electron chi connectivity index (χ1n) is 6.47. The molecular formula is C16H16N2O3. The number of hydrogen-bond donors (Lipinski definition) is 2. The van der Waals surface area contributed by atoms with Gasteiger partial charge >= 0.3 is 11.9 Å².